The summed E-state index contributed by atoms with van der Waals surface area (Å²) in [6, 6.07) is 18.4. The van der Waals surface area contributed by atoms with Gasteiger partial charge in [0, 0.05) is 64.5 Å². The smallest absolute Gasteiger partial charge is 0.272 e. The topological polar surface area (TPSA) is 167 Å². The number of hydrogen-bond donors (Lipinski definition) is 5. The molecule has 0 saturated heterocycles. The Labute approximate surface area is 323 Å². The van der Waals surface area contributed by atoms with Gasteiger partial charge in [0.1, 0.15) is 23.7 Å². The predicted octanol–water partition coefficient (Wildman–Crippen LogP) is 3.43. The summed E-state index contributed by atoms with van der Waals surface area (Å²) in [5, 5.41) is 14.4. The third-order valence-corrected chi connectivity index (χ3v) is 9.87. The summed E-state index contributed by atoms with van der Waals surface area (Å²) in [6.45, 7) is 16.0. The number of carbonyl (C=O) groups excluding carboxylic acids is 4. The molecule has 14 heteroatoms. The SMILES string of the molecule is CNC(=O)[C@@H](NC(=O)c1nc(-c2ccccc2)n2c1CN(C)CC2)C(C)(C)C.CNC(=O)[C@@H](NC(=O)c1nc(-c2ccccc2)n2c1CNCC2)C(C)(C)C. The molecule has 14 nitrogen and oxygen atoms in total. The van der Waals surface area contributed by atoms with Crippen LogP contribution in [0, 0.1) is 10.8 Å². The second-order valence-electron chi connectivity index (χ2n) is 16.2. The summed E-state index contributed by atoms with van der Waals surface area (Å²) in [5.74, 6) is 0.503. The molecule has 2 aromatic carbocycles. The summed E-state index contributed by atoms with van der Waals surface area (Å²) in [4.78, 5) is 62.4. The Morgan fingerprint density at radius 1 is 0.655 bits per heavy atom. The van der Waals surface area contributed by atoms with Crippen LogP contribution in [0.1, 0.15) is 73.9 Å². The van der Waals surface area contributed by atoms with E-state index >= 15 is 0 Å². The zero-order chi connectivity index (χ0) is 40.1. The van der Waals surface area contributed by atoms with Crippen molar-refractivity contribution in [1.82, 2.24) is 50.6 Å². The molecular weight excluding hydrogens is 697 g/mol. The molecule has 0 radical (unpaired) electrons. The number of benzene rings is 2. The maximum Gasteiger partial charge on any atom is 0.272 e. The first-order valence-corrected chi connectivity index (χ1v) is 18.8. The number of hydrogen-bond acceptors (Lipinski definition) is 8. The third-order valence-electron chi connectivity index (χ3n) is 9.87. The third kappa shape index (κ3) is 9.31. The second-order valence-corrected chi connectivity index (χ2v) is 16.2. The average molecular weight is 753 g/mol. The predicted molar refractivity (Wildman–Crippen MR) is 213 cm³/mol. The van der Waals surface area contributed by atoms with Crippen LogP contribution in [0.4, 0.5) is 0 Å². The van der Waals surface area contributed by atoms with E-state index in [0.29, 0.717) is 24.5 Å². The van der Waals surface area contributed by atoms with Crippen LogP contribution in [0.5, 0.6) is 0 Å². The molecule has 6 rings (SSSR count). The molecule has 0 spiro atoms. The minimum absolute atomic E-state index is 0.214. The normalized spacial score (nSPS) is 15.3. The molecule has 0 fully saturated rings. The van der Waals surface area contributed by atoms with E-state index < -0.39 is 22.9 Å². The molecule has 294 valence electrons. The molecular formula is C41H56N10O4. The molecule has 0 aliphatic carbocycles. The lowest BCUT2D eigenvalue weighted by molar-refractivity contribution is -0.125. The number of aromatic nitrogens is 4. The Kier molecular flexibility index (Phi) is 12.6. The van der Waals surface area contributed by atoms with Gasteiger partial charge < -0.3 is 35.7 Å². The van der Waals surface area contributed by atoms with E-state index in [1.54, 1.807) is 14.1 Å². The van der Waals surface area contributed by atoms with Crippen molar-refractivity contribution in [2.24, 2.45) is 10.8 Å². The van der Waals surface area contributed by atoms with Gasteiger partial charge in [0.2, 0.25) is 11.8 Å². The highest BCUT2D eigenvalue weighted by Gasteiger charge is 2.36. The highest BCUT2D eigenvalue weighted by Crippen LogP contribution is 2.28. The zero-order valence-electron chi connectivity index (χ0n) is 33.5. The van der Waals surface area contributed by atoms with Crippen molar-refractivity contribution >= 4 is 23.6 Å². The van der Waals surface area contributed by atoms with Gasteiger partial charge in [-0.3, -0.25) is 24.1 Å². The van der Waals surface area contributed by atoms with Crippen LogP contribution in [-0.4, -0.2) is 93.9 Å². The van der Waals surface area contributed by atoms with Gasteiger partial charge in [-0.1, -0.05) is 102 Å². The van der Waals surface area contributed by atoms with Gasteiger partial charge in [-0.05, 0) is 17.9 Å². The number of nitrogens with one attached hydrogen (secondary N) is 5. The number of fused-ring (bicyclic) bond motifs is 2. The summed E-state index contributed by atoms with van der Waals surface area (Å²) < 4.78 is 4.21. The van der Waals surface area contributed by atoms with Crippen molar-refractivity contribution < 1.29 is 19.2 Å². The molecule has 4 amide bonds. The van der Waals surface area contributed by atoms with Gasteiger partial charge in [-0.25, -0.2) is 9.97 Å². The van der Waals surface area contributed by atoms with Gasteiger partial charge in [0.15, 0.2) is 11.4 Å². The first-order chi connectivity index (χ1) is 26.0. The molecule has 2 aliphatic heterocycles. The van der Waals surface area contributed by atoms with E-state index in [9.17, 15) is 19.2 Å². The van der Waals surface area contributed by atoms with Crippen LogP contribution >= 0.6 is 0 Å². The van der Waals surface area contributed by atoms with Gasteiger partial charge in [0.05, 0.1) is 11.4 Å². The largest absolute Gasteiger partial charge is 0.357 e. The summed E-state index contributed by atoms with van der Waals surface area (Å²) in [5.41, 5.74) is 3.61. The molecule has 2 aromatic heterocycles. The van der Waals surface area contributed by atoms with Crippen molar-refractivity contribution in [3.8, 4) is 22.8 Å². The lowest BCUT2D eigenvalue weighted by Gasteiger charge is -2.30. The van der Waals surface area contributed by atoms with Crippen LogP contribution in [0.2, 0.25) is 0 Å². The first-order valence-electron chi connectivity index (χ1n) is 18.8. The Bertz CT molecular complexity index is 1990. The highest BCUT2D eigenvalue weighted by atomic mass is 16.2. The molecule has 55 heavy (non-hydrogen) atoms. The van der Waals surface area contributed by atoms with Gasteiger partial charge >= 0.3 is 0 Å². The fourth-order valence-electron chi connectivity index (χ4n) is 6.81. The van der Waals surface area contributed by atoms with E-state index in [0.717, 1.165) is 60.3 Å². The quantitative estimate of drug-likeness (QED) is 0.183. The molecule has 4 aromatic rings. The summed E-state index contributed by atoms with van der Waals surface area (Å²) >= 11 is 0. The van der Waals surface area contributed by atoms with Gasteiger partial charge in [0.25, 0.3) is 11.8 Å². The number of rotatable bonds is 8. The molecule has 0 saturated carbocycles. The van der Waals surface area contributed by atoms with E-state index in [4.69, 9.17) is 4.98 Å². The molecule has 5 N–H and O–H groups in total. The number of carbonyl (C=O) groups is 4. The first kappa shape index (κ1) is 40.8. The van der Waals surface area contributed by atoms with Crippen LogP contribution in [0.15, 0.2) is 60.7 Å². The molecule has 4 heterocycles. The monoisotopic (exact) mass is 752 g/mol. The van der Waals surface area contributed by atoms with Crippen molar-refractivity contribution in [2.45, 2.75) is 79.8 Å². The highest BCUT2D eigenvalue weighted by molar-refractivity contribution is 5.98. The minimum atomic E-state index is -0.649. The van der Waals surface area contributed by atoms with Crippen molar-refractivity contribution in [1.29, 1.82) is 0 Å². The molecule has 2 aliphatic rings. The Hall–Kier alpha value is -5.34. The van der Waals surface area contributed by atoms with E-state index in [1.807, 2.05) is 109 Å². The number of amides is 4. The fourth-order valence-corrected chi connectivity index (χ4v) is 6.81. The molecule has 0 bridgehead atoms. The average Bonchev–Trinajstić information content (AvgIpc) is 3.74. The zero-order valence-corrected chi connectivity index (χ0v) is 33.5. The number of nitrogens with zero attached hydrogens (tertiary/aromatic N) is 5. The lowest BCUT2D eigenvalue weighted by Crippen LogP contribution is -2.53. The number of imidazole rings is 2. The van der Waals surface area contributed by atoms with Gasteiger partial charge in [-0.15, -0.1) is 0 Å². The maximum atomic E-state index is 13.2. The Balaban J connectivity index is 0.000000211. The molecule has 0 unspecified atom stereocenters. The Morgan fingerprint density at radius 3 is 1.53 bits per heavy atom. The van der Waals surface area contributed by atoms with Crippen LogP contribution in [0.3, 0.4) is 0 Å². The van der Waals surface area contributed by atoms with Crippen molar-refractivity contribution in [3.05, 3.63) is 83.4 Å². The lowest BCUT2D eigenvalue weighted by atomic mass is 9.86. The van der Waals surface area contributed by atoms with E-state index in [2.05, 4.69) is 45.6 Å². The molecule has 2 atom stereocenters. The summed E-state index contributed by atoms with van der Waals surface area (Å²) in [6.07, 6.45) is 0. The number of likely N-dealkylation sites (N-methyl/N-ethyl adjacent to an activating group) is 3. The van der Waals surface area contributed by atoms with Crippen molar-refractivity contribution in [2.75, 3.05) is 34.2 Å². The van der Waals surface area contributed by atoms with Crippen LogP contribution < -0.4 is 26.6 Å². The van der Waals surface area contributed by atoms with E-state index in [-0.39, 0.29) is 23.6 Å². The minimum Gasteiger partial charge on any atom is -0.357 e. The van der Waals surface area contributed by atoms with Crippen LogP contribution in [0.25, 0.3) is 22.8 Å². The maximum absolute atomic E-state index is 13.2. The fraction of sp³-hybridized carbons (Fsp3) is 0.463. The van der Waals surface area contributed by atoms with Crippen molar-refractivity contribution in [3.63, 3.8) is 0 Å². The van der Waals surface area contributed by atoms with E-state index in [1.165, 1.54) is 0 Å². The van der Waals surface area contributed by atoms with Gasteiger partial charge in [-0.2, -0.15) is 0 Å². The second kappa shape index (κ2) is 17.0. The van der Waals surface area contributed by atoms with Crippen LogP contribution in [-0.2, 0) is 35.8 Å². The Morgan fingerprint density at radius 2 is 1.09 bits per heavy atom. The standard InChI is InChI=1S/C21H29N5O2.C20H27N5O2/c1-21(2,3)17(20(28)22-4)24-19(27)16-15-13-25(5)11-12-26(15)18(23-16)14-9-7-6-8-10-14;1-20(2,3)16(19(27)21-4)24-18(26)15-14-12-22-10-11-25(14)17(23-15)13-8-6-5-7-9-13/h6-10,17H,11-13H2,1-5H3,(H,22,28)(H,24,27);5-9,16,22H,10-12H2,1-4H3,(H,21,27)(H,24,26)/t17-;16-/m11/s1. The summed E-state index contributed by atoms with van der Waals surface area (Å²) in [7, 11) is 5.18.